The third-order valence-electron chi connectivity index (χ3n) is 2.99. The molecule has 0 bridgehead atoms. The highest BCUT2D eigenvalue weighted by molar-refractivity contribution is 8.02. The van der Waals surface area contributed by atoms with Gasteiger partial charge in [0, 0.05) is 11.4 Å². The first-order valence-electron chi connectivity index (χ1n) is 6.76. The van der Waals surface area contributed by atoms with E-state index in [1.54, 1.807) is 6.07 Å². The summed E-state index contributed by atoms with van der Waals surface area (Å²) in [5.41, 5.74) is 2.27. The van der Waals surface area contributed by atoms with Crippen molar-refractivity contribution in [3.05, 3.63) is 76.3 Å². The van der Waals surface area contributed by atoms with Crippen LogP contribution in [0.5, 0.6) is 0 Å². The van der Waals surface area contributed by atoms with Crippen molar-refractivity contribution < 1.29 is 0 Å². The molecule has 2 aromatic rings. The summed E-state index contributed by atoms with van der Waals surface area (Å²) in [5, 5.41) is 31.0. The number of allylic oxidation sites excluding steroid dienone is 1. The van der Waals surface area contributed by atoms with E-state index in [0.717, 1.165) is 11.3 Å². The van der Waals surface area contributed by atoms with E-state index in [1.165, 1.54) is 11.8 Å². The fraction of sp³-hybridized carbons (Fsp3) is 0.0556. The lowest BCUT2D eigenvalue weighted by Gasteiger charge is -2.11. The molecule has 0 aliphatic heterocycles. The largest absolute Gasteiger partial charge is 0.349 e. The second-order valence-electron chi connectivity index (χ2n) is 4.48. The van der Waals surface area contributed by atoms with Crippen molar-refractivity contribution in [1.82, 2.24) is 0 Å². The van der Waals surface area contributed by atoms with Crippen LogP contribution in [-0.4, -0.2) is 0 Å². The molecular weight excluding hydrogens is 304 g/mol. The van der Waals surface area contributed by atoms with E-state index in [4.69, 9.17) is 15.8 Å². The second kappa shape index (κ2) is 8.29. The SMILES string of the molecule is N#CC(C#N)=C(Nc1ccccc1)SCc1ccccc1C#N. The molecule has 23 heavy (non-hydrogen) atoms. The Kier molecular flexibility index (Phi) is 5.83. The van der Waals surface area contributed by atoms with Crippen LogP contribution >= 0.6 is 11.8 Å². The zero-order valence-electron chi connectivity index (χ0n) is 12.2. The highest BCUT2D eigenvalue weighted by Gasteiger charge is 2.10. The third-order valence-corrected chi connectivity index (χ3v) is 4.04. The van der Waals surface area contributed by atoms with Gasteiger partial charge in [-0.25, -0.2) is 0 Å². The van der Waals surface area contributed by atoms with Crippen LogP contribution in [0.3, 0.4) is 0 Å². The number of para-hydroxylation sites is 1. The van der Waals surface area contributed by atoms with Crippen molar-refractivity contribution in [3.8, 4) is 18.2 Å². The minimum absolute atomic E-state index is 0.0216. The first-order chi connectivity index (χ1) is 11.3. The molecule has 0 amide bonds. The van der Waals surface area contributed by atoms with Gasteiger partial charge in [0.1, 0.15) is 17.2 Å². The van der Waals surface area contributed by atoms with Gasteiger partial charge in [0.15, 0.2) is 5.57 Å². The first kappa shape index (κ1) is 16.2. The number of hydrogen-bond acceptors (Lipinski definition) is 5. The molecule has 110 valence electrons. The number of nitriles is 3. The maximum Gasteiger partial charge on any atom is 0.159 e. The molecule has 2 aromatic carbocycles. The van der Waals surface area contributed by atoms with Crippen LogP contribution in [0.1, 0.15) is 11.1 Å². The summed E-state index contributed by atoms with van der Waals surface area (Å²) in [6.07, 6.45) is 0. The van der Waals surface area contributed by atoms with E-state index in [2.05, 4.69) is 11.4 Å². The molecule has 0 fully saturated rings. The van der Waals surface area contributed by atoms with Crippen molar-refractivity contribution >= 4 is 17.4 Å². The normalized spacial score (nSPS) is 9.09. The molecule has 0 spiro atoms. The van der Waals surface area contributed by atoms with E-state index in [-0.39, 0.29) is 5.57 Å². The molecule has 0 saturated heterocycles. The molecule has 0 saturated carbocycles. The summed E-state index contributed by atoms with van der Waals surface area (Å²) in [7, 11) is 0. The van der Waals surface area contributed by atoms with Crippen LogP contribution < -0.4 is 5.32 Å². The standard InChI is InChI=1S/C18H12N4S/c19-10-14-6-4-5-7-15(14)13-23-18(16(11-20)12-21)22-17-8-2-1-3-9-17/h1-9,22H,13H2. The van der Waals surface area contributed by atoms with Gasteiger partial charge in [-0.15, -0.1) is 11.8 Å². The fourth-order valence-corrected chi connectivity index (χ4v) is 2.83. The van der Waals surface area contributed by atoms with Gasteiger partial charge in [-0.05, 0) is 23.8 Å². The topological polar surface area (TPSA) is 83.4 Å². The van der Waals surface area contributed by atoms with Crippen LogP contribution in [0, 0.1) is 34.0 Å². The monoisotopic (exact) mass is 316 g/mol. The quantitative estimate of drug-likeness (QED) is 0.837. The number of rotatable bonds is 5. The highest BCUT2D eigenvalue weighted by Crippen LogP contribution is 2.27. The van der Waals surface area contributed by atoms with E-state index in [9.17, 15) is 0 Å². The molecule has 0 aliphatic carbocycles. The molecular formula is C18H12N4S. The lowest BCUT2D eigenvalue weighted by Crippen LogP contribution is -2.00. The van der Waals surface area contributed by atoms with Gasteiger partial charge >= 0.3 is 0 Å². The summed E-state index contributed by atoms with van der Waals surface area (Å²) in [5.74, 6) is 0.492. The van der Waals surface area contributed by atoms with Crippen LogP contribution in [0.2, 0.25) is 0 Å². The molecule has 0 aliphatic rings. The Hall–Kier alpha value is -3.20. The van der Waals surface area contributed by atoms with Crippen molar-refractivity contribution in [2.45, 2.75) is 5.75 Å². The van der Waals surface area contributed by atoms with Crippen molar-refractivity contribution in [2.24, 2.45) is 0 Å². The first-order valence-corrected chi connectivity index (χ1v) is 7.74. The lowest BCUT2D eigenvalue weighted by atomic mass is 10.1. The summed E-state index contributed by atoms with van der Waals surface area (Å²) < 4.78 is 0. The van der Waals surface area contributed by atoms with Gasteiger partial charge in [-0.1, -0.05) is 36.4 Å². The van der Waals surface area contributed by atoms with Crippen LogP contribution in [0.4, 0.5) is 5.69 Å². The highest BCUT2D eigenvalue weighted by atomic mass is 32.2. The lowest BCUT2D eigenvalue weighted by molar-refractivity contribution is 1.35. The smallest absolute Gasteiger partial charge is 0.159 e. The molecule has 0 unspecified atom stereocenters. The second-order valence-corrected chi connectivity index (χ2v) is 5.46. The molecule has 0 atom stereocenters. The zero-order valence-corrected chi connectivity index (χ0v) is 13.0. The Labute approximate surface area is 139 Å². The molecule has 0 heterocycles. The number of thioether (sulfide) groups is 1. The van der Waals surface area contributed by atoms with Gasteiger partial charge < -0.3 is 5.32 Å². The zero-order chi connectivity index (χ0) is 16.5. The summed E-state index contributed by atoms with van der Waals surface area (Å²) >= 11 is 1.33. The molecule has 2 rings (SSSR count). The molecule has 4 nitrogen and oxygen atoms in total. The van der Waals surface area contributed by atoms with Gasteiger partial charge in [0.25, 0.3) is 0 Å². The molecule has 0 aromatic heterocycles. The van der Waals surface area contributed by atoms with Crippen LogP contribution in [0.15, 0.2) is 65.2 Å². The maximum absolute atomic E-state index is 9.14. The van der Waals surface area contributed by atoms with Crippen molar-refractivity contribution in [3.63, 3.8) is 0 Å². The minimum Gasteiger partial charge on any atom is -0.349 e. The Morgan fingerprint density at radius 3 is 2.22 bits per heavy atom. The Morgan fingerprint density at radius 2 is 1.57 bits per heavy atom. The molecule has 0 radical (unpaired) electrons. The number of nitrogens with zero attached hydrogens (tertiary/aromatic N) is 3. The summed E-state index contributed by atoms with van der Waals surface area (Å²) in [4.78, 5) is 0. The predicted octanol–water partition coefficient (Wildman–Crippen LogP) is 4.16. The average Bonchev–Trinajstić information content (AvgIpc) is 2.61. The molecule has 1 N–H and O–H groups in total. The predicted molar refractivity (Wildman–Crippen MR) is 90.8 cm³/mol. The Bertz CT molecular complexity index is 820. The van der Waals surface area contributed by atoms with Crippen molar-refractivity contribution in [2.75, 3.05) is 5.32 Å². The number of anilines is 1. The van der Waals surface area contributed by atoms with E-state index >= 15 is 0 Å². The number of nitrogens with one attached hydrogen (secondary N) is 1. The summed E-state index contributed by atoms with van der Waals surface area (Å²) in [6, 6.07) is 22.6. The minimum atomic E-state index is 0.0216. The maximum atomic E-state index is 9.14. The van der Waals surface area contributed by atoms with E-state index in [1.807, 2.05) is 60.7 Å². The number of hydrogen-bond donors (Lipinski definition) is 1. The van der Waals surface area contributed by atoms with Gasteiger partial charge in [-0.2, -0.15) is 15.8 Å². The summed E-state index contributed by atoms with van der Waals surface area (Å²) in [6.45, 7) is 0. The van der Waals surface area contributed by atoms with Crippen LogP contribution in [0.25, 0.3) is 0 Å². The van der Waals surface area contributed by atoms with Crippen LogP contribution in [-0.2, 0) is 5.75 Å². The van der Waals surface area contributed by atoms with Gasteiger partial charge in [0.2, 0.25) is 0 Å². The average molecular weight is 316 g/mol. The Morgan fingerprint density at radius 1 is 0.913 bits per heavy atom. The van der Waals surface area contributed by atoms with E-state index < -0.39 is 0 Å². The number of benzene rings is 2. The molecule has 5 heteroatoms. The van der Waals surface area contributed by atoms with E-state index in [0.29, 0.717) is 16.3 Å². The van der Waals surface area contributed by atoms with Gasteiger partial charge in [0.05, 0.1) is 11.6 Å². The van der Waals surface area contributed by atoms with Crippen molar-refractivity contribution in [1.29, 1.82) is 15.8 Å². The van der Waals surface area contributed by atoms with Gasteiger partial charge in [-0.3, -0.25) is 0 Å². The fourth-order valence-electron chi connectivity index (χ4n) is 1.86. The third kappa shape index (κ3) is 4.38. The Balaban J connectivity index is 2.23.